The quantitative estimate of drug-likeness (QED) is 0.851. The second-order valence-electron chi connectivity index (χ2n) is 6.93. The zero-order valence-corrected chi connectivity index (χ0v) is 12.8. The van der Waals surface area contributed by atoms with Gasteiger partial charge in [0, 0.05) is 35.3 Å². The van der Waals surface area contributed by atoms with Gasteiger partial charge >= 0.3 is 0 Å². The molecule has 3 rings (SSSR count). The lowest BCUT2D eigenvalue weighted by molar-refractivity contribution is -0.116. The largest absolute Gasteiger partial charge is 0.377 e. The van der Waals surface area contributed by atoms with E-state index in [4.69, 9.17) is 4.74 Å². The van der Waals surface area contributed by atoms with Crippen molar-refractivity contribution < 1.29 is 4.74 Å². The third-order valence-corrected chi connectivity index (χ3v) is 6.57. The highest BCUT2D eigenvalue weighted by molar-refractivity contribution is 7.99. The Kier molecular flexibility index (Phi) is 3.68. The predicted octanol–water partition coefficient (Wildman–Crippen LogP) is 3.06. The van der Waals surface area contributed by atoms with Crippen LogP contribution in [0.5, 0.6) is 0 Å². The molecule has 3 heteroatoms. The predicted molar refractivity (Wildman–Crippen MR) is 78.1 cm³/mol. The molecule has 104 valence electrons. The second-order valence-corrected chi connectivity index (χ2v) is 8.07. The first-order valence-corrected chi connectivity index (χ1v) is 8.82. The van der Waals surface area contributed by atoms with Gasteiger partial charge in [-0.15, -0.1) is 0 Å². The molecule has 1 saturated heterocycles. The third-order valence-electron chi connectivity index (χ3n) is 5.48. The van der Waals surface area contributed by atoms with Crippen LogP contribution in [-0.4, -0.2) is 36.3 Å². The molecule has 5 unspecified atom stereocenters. The Morgan fingerprint density at radius 2 is 2.06 bits per heavy atom. The first-order chi connectivity index (χ1) is 8.63. The van der Waals surface area contributed by atoms with Gasteiger partial charge in [-0.05, 0) is 31.9 Å². The number of thioether (sulfide) groups is 1. The highest BCUT2D eigenvalue weighted by atomic mass is 32.2. The lowest BCUT2D eigenvalue weighted by atomic mass is 9.57. The van der Waals surface area contributed by atoms with E-state index in [9.17, 15) is 0 Å². The molecule has 3 aliphatic rings. The van der Waals surface area contributed by atoms with E-state index < -0.39 is 0 Å². The van der Waals surface area contributed by atoms with Gasteiger partial charge in [-0.25, -0.2) is 0 Å². The van der Waals surface area contributed by atoms with Crippen LogP contribution < -0.4 is 5.32 Å². The van der Waals surface area contributed by atoms with Gasteiger partial charge in [-0.3, -0.25) is 0 Å². The fraction of sp³-hybridized carbons (Fsp3) is 1.00. The third kappa shape index (κ3) is 2.12. The molecule has 0 aromatic rings. The van der Waals surface area contributed by atoms with Crippen molar-refractivity contribution in [1.29, 1.82) is 0 Å². The van der Waals surface area contributed by atoms with E-state index in [1.807, 2.05) is 0 Å². The summed E-state index contributed by atoms with van der Waals surface area (Å²) < 4.78 is 5.88. The lowest BCUT2D eigenvalue weighted by Crippen LogP contribution is -2.67. The van der Waals surface area contributed by atoms with E-state index in [1.54, 1.807) is 0 Å². The van der Waals surface area contributed by atoms with Gasteiger partial charge < -0.3 is 10.1 Å². The zero-order chi connectivity index (χ0) is 12.8. The number of rotatable bonds is 3. The summed E-state index contributed by atoms with van der Waals surface area (Å²) in [5.74, 6) is 0.787. The molecule has 5 atom stereocenters. The van der Waals surface area contributed by atoms with Crippen LogP contribution >= 0.6 is 11.8 Å². The van der Waals surface area contributed by atoms with Gasteiger partial charge in [0.25, 0.3) is 0 Å². The molecule has 2 aliphatic carbocycles. The zero-order valence-electron chi connectivity index (χ0n) is 11.9. The first-order valence-electron chi connectivity index (χ1n) is 7.53. The number of fused-ring (bicyclic) bond motifs is 1. The molecule has 0 amide bonds. The number of hydrogen-bond acceptors (Lipinski definition) is 3. The SMILES string of the molecule is CSC1CCCC(NC2C3CCOC3C2(C)C)C1. The molecule has 0 spiro atoms. The smallest absolute Gasteiger partial charge is 0.0685 e. The maximum atomic E-state index is 5.88. The van der Waals surface area contributed by atoms with E-state index in [1.165, 1.54) is 32.1 Å². The Morgan fingerprint density at radius 1 is 1.22 bits per heavy atom. The van der Waals surface area contributed by atoms with Crippen molar-refractivity contribution in [1.82, 2.24) is 5.32 Å². The van der Waals surface area contributed by atoms with Crippen LogP contribution in [0.3, 0.4) is 0 Å². The van der Waals surface area contributed by atoms with Crippen LogP contribution in [0.15, 0.2) is 0 Å². The van der Waals surface area contributed by atoms with Gasteiger partial charge in [0.05, 0.1) is 6.10 Å². The normalized spacial score (nSPS) is 46.5. The standard InChI is InChI=1S/C15H27NOS/c1-15(2)13(12-7-8-17-14(12)15)16-10-5-4-6-11(9-10)18-3/h10-14,16H,4-9H2,1-3H3. The molecule has 18 heavy (non-hydrogen) atoms. The Balaban J connectivity index is 1.59. The molecule has 1 heterocycles. The summed E-state index contributed by atoms with van der Waals surface area (Å²) >= 11 is 2.06. The number of nitrogens with one attached hydrogen (secondary N) is 1. The minimum atomic E-state index is 0.341. The highest BCUT2D eigenvalue weighted by Crippen LogP contribution is 2.52. The maximum Gasteiger partial charge on any atom is 0.0685 e. The summed E-state index contributed by atoms with van der Waals surface area (Å²) in [5.41, 5.74) is 0.341. The fourth-order valence-electron chi connectivity index (χ4n) is 4.43. The molecule has 0 radical (unpaired) electrons. The Bertz CT molecular complexity index is 307. The minimum absolute atomic E-state index is 0.341. The van der Waals surface area contributed by atoms with E-state index in [2.05, 4.69) is 37.2 Å². The summed E-state index contributed by atoms with van der Waals surface area (Å²) in [6.07, 6.45) is 9.62. The maximum absolute atomic E-state index is 5.88. The van der Waals surface area contributed by atoms with Crippen molar-refractivity contribution in [3.63, 3.8) is 0 Å². The topological polar surface area (TPSA) is 21.3 Å². The number of hydrogen-bond donors (Lipinski definition) is 1. The molecular formula is C15H27NOS. The fourth-order valence-corrected chi connectivity index (χ4v) is 5.25. The average molecular weight is 269 g/mol. The van der Waals surface area contributed by atoms with E-state index in [0.29, 0.717) is 17.6 Å². The first kappa shape index (κ1) is 13.3. The summed E-state index contributed by atoms with van der Waals surface area (Å²) in [4.78, 5) is 0. The molecule has 2 saturated carbocycles. The van der Waals surface area contributed by atoms with Crippen LogP contribution in [-0.2, 0) is 4.74 Å². The molecule has 2 nitrogen and oxygen atoms in total. The summed E-state index contributed by atoms with van der Waals surface area (Å²) in [6, 6.07) is 1.44. The Hall–Kier alpha value is 0.270. The lowest BCUT2D eigenvalue weighted by Gasteiger charge is -2.56. The molecule has 0 aromatic heterocycles. The highest BCUT2D eigenvalue weighted by Gasteiger charge is 2.59. The summed E-state index contributed by atoms with van der Waals surface area (Å²) in [6.45, 7) is 5.74. The Morgan fingerprint density at radius 3 is 2.83 bits per heavy atom. The van der Waals surface area contributed by atoms with Crippen molar-refractivity contribution in [2.45, 2.75) is 69.4 Å². The second kappa shape index (κ2) is 4.99. The molecule has 0 bridgehead atoms. The molecule has 3 fully saturated rings. The van der Waals surface area contributed by atoms with Crippen LogP contribution in [0.4, 0.5) is 0 Å². The minimum Gasteiger partial charge on any atom is -0.377 e. The van der Waals surface area contributed by atoms with Crippen LogP contribution in [0.1, 0.15) is 46.0 Å². The van der Waals surface area contributed by atoms with E-state index in [-0.39, 0.29) is 0 Å². The molecular weight excluding hydrogens is 242 g/mol. The van der Waals surface area contributed by atoms with Gasteiger partial charge in [0.2, 0.25) is 0 Å². The molecule has 1 aliphatic heterocycles. The summed E-state index contributed by atoms with van der Waals surface area (Å²) in [5, 5.41) is 4.87. The molecule has 0 aromatic carbocycles. The van der Waals surface area contributed by atoms with Crippen molar-refractivity contribution in [3.05, 3.63) is 0 Å². The monoisotopic (exact) mass is 269 g/mol. The van der Waals surface area contributed by atoms with Crippen LogP contribution in [0, 0.1) is 11.3 Å². The van der Waals surface area contributed by atoms with Gasteiger partial charge in [-0.2, -0.15) is 11.8 Å². The number of ether oxygens (including phenoxy) is 1. The van der Waals surface area contributed by atoms with Crippen molar-refractivity contribution >= 4 is 11.8 Å². The van der Waals surface area contributed by atoms with E-state index in [0.717, 1.165) is 23.8 Å². The van der Waals surface area contributed by atoms with Crippen molar-refractivity contribution in [2.75, 3.05) is 12.9 Å². The average Bonchev–Trinajstić information content (AvgIpc) is 2.83. The van der Waals surface area contributed by atoms with Gasteiger partial charge in [0.15, 0.2) is 0 Å². The summed E-state index contributed by atoms with van der Waals surface area (Å²) in [7, 11) is 0. The van der Waals surface area contributed by atoms with Gasteiger partial charge in [-0.1, -0.05) is 20.3 Å². The van der Waals surface area contributed by atoms with Gasteiger partial charge in [0.1, 0.15) is 0 Å². The van der Waals surface area contributed by atoms with Crippen LogP contribution in [0.25, 0.3) is 0 Å². The van der Waals surface area contributed by atoms with Crippen LogP contribution in [0.2, 0.25) is 0 Å². The molecule has 1 N–H and O–H groups in total. The van der Waals surface area contributed by atoms with Crippen molar-refractivity contribution in [3.8, 4) is 0 Å². The van der Waals surface area contributed by atoms with E-state index >= 15 is 0 Å². The van der Waals surface area contributed by atoms with Crippen molar-refractivity contribution in [2.24, 2.45) is 11.3 Å². The Labute approximate surface area is 116 Å².